The first-order valence-corrected chi connectivity index (χ1v) is 13.0. The molecule has 0 radical (unpaired) electrons. The molecular weight excluding hydrogens is 554 g/mol. The van der Waals surface area contributed by atoms with Gasteiger partial charge in [0.1, 0.15) is 36.0 Å². The number of nitro benzene ring substituents is 1. The average molecular weight is 580 g/mol. The Kier molecular flexibility index (Phi) is 8.43. The minimum atomic E-state index is -0.887. The Balaban J connectivity index is 1.38. The number of non-ortho nitro benzene ring substituents is 1. The lowest BCUT2D eigenvalue weighted by Gasteiger charge is -2.26. The van der Waals surface area contributed by atoms with Crippen molar-refractivity contribution in [1.29, 1.82) is 0 Å². The van der Waals surface area contributed by atoms with E-state index in [0.717, 1.165) is 10.5 Å². The number of methoxy groups -OCH3 is 1. The van der Waals surface area contributed by atoms with E-state index in [9.17, 15) is 24.5 Å². The quantitative estimate of drug-likeness (QED) is 0.114. The number of nitrogens with zero attached hydrogens (tertiary/aromatic N) is 2. The lowest BCUT2D eigenvalue weighted by molar-refractivity contribution is -0.384. The molecule has 0 bridgehead atoms. The van der Waals surface area contributed by atoms with Crippen LogP contribution in [-0.2, 0) is 22.8 Å². The zero-order valence-corrected chi connectivity index (χ0v) is 22.9. The largest absolute Gasteiger partial charge is 0.497 e. The molecule has 4 amide bonds. The minimum Gasteiger partial charge on any atom is -0.497 e. The van der Waals surface area contributed by atoms with E-state index < -0.39 is 22.8 Å². The molecule has 0 aliphatic carbocycles. The number of nitro groups is 1. The van der Waals surface area contributed by atoms with E-state index in [2.05, 4.69) is 5.32 Å². The fourth-order valence-corrected chi connectivity index (χ4v) is 4.29. The molecular formula is C32H25N3O8. The first kappa shape index (κ1) is 28.6. The second kappa shape index (κ2) is 12.7. The summed E-state index contributed by atoms with van der Waals surface area (Å²) in [5, 5.41) is 13.3. The molecule has 0 atom stereocenters. The second-order valence-corrected chi connectivity index (χ2v) is 9.35. The lowest BCUT2D eigenvalue weighted by atomic mass is 10.1. The summed E-state index contributed by atoms with van der Waals surface area (Å²) >= 11 is 0. The van der Waals surface area contributed by atoms with Crippen LogP contribution in [0.5, 0.6) is 17.2 Å². The van der Waals surface area contributed by atoms with Crippen molar-refractivity contribution in [2.45, 2.75) is 13.2 Å². The molecule has 11 nitrogen and oxygen atoms in total. The summed E-state index contributed by atoms with van der Waals surface area (Å²) in [6, 6.07) is 25.8. The topological polar surface area (TPSA) is 137 Å². The third-order valence-corrected chi connectivity index (χ3v) is 6.48. The average Bonchev–Trinajstić information content (AvgIpc) is 3.02. The number of carbonyl (C=O) groups is 3. The number of hydrogen-bond acceptors (Lipinski definition) is 8. The van der Waals surface area contributed by atoms with E-state index in [4.69, 9.17) is 14.2 Å². The molecule has 0 aromatic heterocycles. The van der Waals surface area contributed by atoms with Crippen LogP contribution in [0.1, 0.15) is 16.7 Å². The Morgan fingerprint density at radius 1 is 0.814 bits per heavy atom. The predicted molar refractivity (Wildman–Crippen MR) is 157 cm³/mol. The van der Waals surface area contributed by atoms with Crippen LogP contribution >= 0.6 is 0 Å². The van der Waals surface area contributed by atoms with Crippen LogP contribution in [0.2, 0.25) is 0 Å². The highest BCUT2D eigenvalue weighted by Gasteiger charge is 2.37. The Morgan fingerprint density at radius 2 is 1.51 bits per heavy atom. The van der Waals surface area contributed by atoms with Crippen LogP contribution in [0.3, 0.4) is 0 Å². The number of barbiturate groups is 1. The molecule has 1 aliphatic rings. The fourth-order valence-electron chi connectivity index (χ4n) is 4.29. The van der Waals surface area contributed by atoms with Crippen LogP contribution in [0.15, 0.2) is 103 Å². The van der Waals surface area contributed by atoms with Gasteiger partial charge < -0.3 is 14.2 Å². The summed E-state index contributed by atoms with van der Waals surface area (Å²) in [5.41, 5.74) is 1.73. The zero-order valence-electron chi connectivity index (χ0n) is 22.9. The number of hydrogen-bond donors (Lipinski definition) is 1. The van der Waals surface area contributed by atoms with Crippen LogP contribution < -0.4 is 24.4 Å². The van der Waals surface area contributed by atoms with Crippen LogP contribution in [-0.4, -0.2) is 29.9 Å². The highest BCUT2D eigenvalue weighted by molar-refractivity contribution is 6.39. The van der Waals surface area contributed by atoms with Gasteiger partial charge in [-0.05, 0) is 53.6 Å². The van der Waals surface area contributed by atoms with E-state index in [0.29, 0.717) is 29.2 Å². The summed E-state index contributed by atoms with van der Waals surface area (Å²) < 4.78 is 17.0. The van der Waals surface area contributed by atoms with E-state index in [1.807, 2.05) is 30.3 Å². The Labute approximate surface area is 246 Å². The molecule has 216 valence electrons. The number of ether oxygens (including phenoxy) is 3. The Hall–Kier alpha value is -5.97. The van der Waals surface area contributed by atoms with E-state index in [1.54, 1.807) is 54.6 Å². The molecule has 0 spiro atoms. The molecule has 11 heteroatoms. The maximum atomic E-state index is 13.5. The summed E-state index contributed by atoms with van der Waals surface area (Å²) in [6.07, 6.45) is 1.32. The second-order valence-electron chi connectivity index (χ2n) is 9.35. The van der Waals surface area contributed by atoms with Crippen LogP contribution in [0.25, 0.3) is 6.08 Å². The molecule has 1 fully saturated rings. The summed E-state index contributed by atoms with van der Waals surface area (Å²) in [6.45, 7) is 0.312. The monoisotopic (exact) mass is 579 g/mol. The van der Waals surface area contributed by atoms with Gasteiger partial charge >= 0.3 is 6.03 Å². The van der Waals surface area contributed by atoms with Crippen LogP contribution in [0.4, 0.5) is 16.2 Å². The number of urea groups is 1. The standard InChI is InChI=1S/C32H25N3O8/c1-41-27-13-10-23(29(18-27)43-20-22-8-5-9-25(16-22)35(39)40)17-28-30(36)33-32(38)34(31(28)37)24-11-14-26(15-12-24)42-19-21-6-3-2-4-7-21/h2-18H,19-20H2,1H3,(H,33,36,38)/b28-17+. The van der Waals surface area contributed by atoms with Gasteiger partial charge in [-0.2, -0.15) is 0 Å². The maximum Gasteiger partial charge on any atom is 0.335 e. The van der Waals surface area contributed by atoms with Gasteiger partial charge in [0.2, 0.25) is 0 Å². The van der Waals surface area contributed by atoms with Gasteiger partial charge in [-0.3, -0.25) is 25.0 Å². The van der Waals surface area contributed by atoms with Crippen molar-refractivity contribution in [3.8, 4) is 17.2 Å². The molecule has 1 saturated heterocycles. The number of carbonyl (C=O) groups excluding carboxylic acids is 3. The van der Waals surface area contributed by atoms with E-state index >= 15 is 0 Å². The molecule has 4 aromatic rings. The van der Waals surface area contributed by atoms with E-state index in [1.165, 1.54) is 25.3 Å². The molecule has 4 aromatic carbocycles. The molecule has 1 aliphatic heterocycles. The Bertz CT molecular complexity index is 1720. The highest BCUT2D eigenvalue weighted by atomic mass is 16.6. The number of imide groups is 2. The van der Waals surface area contributed by atoms with Crippen molar-refractivity contribution in [2.75, 3.05) is 12.0 Å². The summed E-state index contributed by atoms with van der Waals surface area (Å²) in [4.78, 5) is 50.5. The highest BCUT2D eigenvalue weighted by Crippen LogP contribution is 2.30. The van der Waals surface area contributed by atoms with Crippen molar-refractivity contribution in [3.05, 3.63) is 129 Å². The zero-order chi connectivity index (χ0) is 30.3. The Morgan fingerprint density at radius 3 is 2.23 bits per heavy atom. The molecule has 1 N–H and O–H groups in total. The normalized spacial score (nSPS) is 13.9. The number of benzene rings is 4. The van der Waals surface area contributed by atoms with Crippen molar-refractivity contribution >= 4 is 35.3 Å². The van der Waals surface area contributed by atoms with Gasteiger partial charge in [0.25, 0.3) is 17.5 Å². The maximum absolute atomic E-state index is 13.5. The van der Waals surface area contributed by atoms with Gasteiger partial charge in [-0.15, -0.1) is 0 Å². The van der Waals surface area contributed by atoms with Gasteiger partial charge in [0, 0.05) is 23.8 Å². The molecule has 0 saturated carbocycles. The number of anilines is 1. The molecule has 43 heavy (non-hydrogen) atoms. The van der Waals surface area contributed by atoms with Crippen molar-refractivity contribution in [3.63, 3.8) is 0 Å². The molecule has 1 heterocycles. The van der Waals surface area contributed by atoms with Crippen molar-refractivity contribution < 1.29 is 33.5 Å². The number of rotatable bonds is 10. The van der Waals surface area contributed by atoms with E-state index in [-0.39, 0.29) is 29.3 Å². The van der Waals surface area contributed by atoms with Gasteiger partial charge in [-0.1, -0.05) is 42.5 Å². The molecule has 5 rings (SSSR count). The van der Waals surface area contributed by atoms with Crippen molar-refractivity contribution in [1.82, 2.24) is 5.32 Å². The fraction of sp³-hybridized carbons (Fsp3) is 0.0938. The van der Waals surface area contributed by atoms with Gasteiger partial charge in [0.05, 0.1) is 17.7 Å². The first-order chi connectivity index (χ1) is 20.8. The minimum absolute atomic E-state index is 0.0333. The SMILES string of the molecule is COc1ccc(/C=C2\C(=O)NC(=O)N(c3ccc(OCc4ccccc4)cc3)C2=O)c(OCc2cccc([N+](=O)[O-])c2)c1. The third-order valence-electron chi connectivity index (χ3n) is 6.48. The van der Waals surface area contributed by atoms with Crippen LogP contribution in [0, 0.1) is 10.1 Å². The number of amides is 4. The smallest absolute Gasteiger partial charge is 0.335 e. The third kappa shape index (κ3) is 6.68. The summed E-state index contributed by atoms with van der Waals surface area (Å²) in [5.74, 6) is -0.459. The van der Waals surface area contributed by atoms with Gasteiger partial charge in [0.15, 0.2) is 0 Å². The van der Waals surface area contributed by atoms with Crippen molar-refractivity contribution in [2.24, 2.45) is 0 Å². The summed E-state index contributed by atoms with van der Waals surface area (Å²) in [7, 11) is 1.47. The predicted octanol–water partition coefficient (Wildman–Crippen LogP) is 5.43. The lowest BCUT2D eigenvalue weighted by Crippen LogP contribution is -2.54. The van der Waals surface area contributed by atoms with Gasteiger partial charge in [-0.25, -0.2) is 9.69 Å². The molecule has 0 unspecified atom stereocenters. The number of nitrogens with one attached hydrogen (secondary N) is 1. The first-order valence-electron chi connectivity index (χ1n) is 13.0.